The van der Waals surface area contributed by atoms with Crippen LogP contribution in [0.4, 0.5) is 5.69 Å². The summed E-state index contributed by atoms with van der Waals surface area (Å²) in [6.07, 6.45) is 0. The first-order valence-electron chi connectivity index (χ1n) is 6.31. The Balaban J connectivity index is 1.92. The molecular weight excluding hydrogens is 282 g/mol. The smallest absolute Gasteiger partial charge is 0.107 e. The lowest BCUT2D eigenvalue weighted by molar-refractivity contribution is 0.0398. The largest absolute Gasteiger partial charge is 0.389 e. The number of hydrogen-bond donors (Lipinski definition) is 2. The lowest BCUT2D eigenvalue weighted by Gasteiger charge is -2.26. The second-order valence-electron chi connectivity index (χ2n) is 4.41. The van der Waals surface area contributed by atoms with Gasteiger partial charge in [0.2, 0.25) is 0 Å². The molecule has 19 heavy (non-hydrogen) atoms. The van der Waals surface area contributed by atoms with Gasteiger partial charge in [-0.05, 0) is 12.1 Å². The zero-order chi connectivity index (χ0) is 13.7. The van der Waals surface area contributed by atoms with E-state index in [2.05, 4.69) is 10.2 Å². The Kier molecular flexibility index (Phi) is 5.39. The van der Waals surface area contributed by atoms with Crippen LogP contribution in [0.25, 0.3) is 0 Å². The molecule has 0 aromatic heterocycles. The van der Waals surface area contributed by atoms with Gasteiger partial charge in [0, 0.05) is 31.9 Å². The minimum Gasteiger partial charge on any atom is -0.389 e. The molecule has 1 saturated heterocycles. The van der Waals surface area contributed by atoms with Crippen molar-refractivity contribution in [2.45, 2.75) is 0 Å². The van der Waals surface area contributed by atoms with Crippen molar-refractivity contribution < 1.29 is 4.74 Å². The molecule has 2 rings (SSSR count). The molecule has 1 heterocycles. The molecule has 1 aliphatic rings. The van der Waals surface area contributed by atoms with Gasteiger partial charge < -0.3 is 15.8 Å². The highest BCUT2D eigenvalue weighted by molar-refractivity contribution is 7.80. The van der Waals surface area contributed by atoms with Crippen LogP contribution in [0.3, 0.4) is 0 Å². The molecular formula is C13H18ClN3OS. The zero-order valence-electron chi connectivity index (χ0n) is 10.7. The second-order valence-corrected chi connectivity index (χ2v) is 5.25. The van der Waals surface area contributed by atoms with Crippen LogP contribution in [-0.4, -0.2) is 49.3 Å². The summed E-state index contributed by atoms with van der Waals surface area (Å²) in [5.41, 5.74) is 7.33. The number of nitrogens with two attached hydrogens (primary N) is 1. The minimum atomic E-state index is 0.319. The summed E-state index contributed by atoms with van der Waals surface area (Å²) in [4.78, 5) is 2.68. The first kappa shape index (κ1) is 14.5. The van der Waals surface area contributed by atoms with Gasteiger partial charge in [0.15, 0.2) is 0 Å². The molecule has 0 aliphatic carbocycles. The Morgan fingerprint density at radius 1 is 1.42 bits per heavy atom. The summed E-state index contributed by atoms with van der Waals surface area (Å²) in [6.45, 7) is 5.39. The zero-order valence-corrected chi connectivity index (χ0v) is 12.3. The van der Waals surface area contributed by atoms with Crippen molar-refractivity contribution in [3.8, 4) is 0 Å². The number of hydrogen-bond acceptors (Lipinski definition) is 4. The first-order chi connectivity index (χ1) is 9.18. The standard InChI is InChI=1S/C13H18ClN3OS/c14-10-2-1-3-11(12(10)13(15)19)16-4-5-17-6-8-18-9-7-17/h1-3,16H,4-9H2,(H2,15,19). The van der Waals surface area contributed by atoms with Crippen molar-refractivity contribution in [1.82, 2.24) is 4.90 Å². The van der Waals surface area contributed by atoms with Gasteiger partial charge in [-0.3, -0.25) is 4.90 Å². The number of benzene rings is 1. The Morgan fingerprint density at radius 2 is 2.16 bits per heavy atom. The number of anilines is 1. The van der Waals surface area contributed by atoms with Crippen molar-refractivity contribution in [1.29, 1.82) is 0 Å². The molecule has 0 atom stereocenters. The molecule has 1 aromatic carbocycles. The van der Waals surface area contributed by atoms with E-state index in [1.165, 1.54) is 0 Å². The molecule has 0 saturated carbocycles. The highest BCUT2D eigenvalue weighted by Crippen LogP contribution is 2.24. The number of rotatable bonds is 5. The van der Waals surface area contributed by atoms with Gasteiger partial charge in [-0.25, -0.2) is 0 Å². The molecule has 0 bridgehead atoms. The molecule has 0 radical (unpaired) electrons. The Labute approximate surface area is 123 Å². The molecule has 1 aromatic rings. The maximum absolute atomic E-state index is 6.12. The summed E-state index contributed by atoms with van der Waals surface area (Å²) in [7, 11) is 0. The molecule has 104 valence electrons. The van der Waals surface area contributed by atoms with Gasteiger partial charge >= 0.3 is 0 Å². The number of morpholine rings is 1. The monoisotopic (exact) mass is 299 g/mol. The van der Waals surface area contributed by atoms with Gasteiger partial charge in [0.1, 0.15) is 4.99 Å². The third-order valence-electron chi connectivity index (χ3n) is 3.11. The van der Waals surface area contributed by atoms with Crippen molar-refractivity contribution in [3.05, 3.63) is 28.8 Å². The molecule has 6 heteroatoms. The van der Waals surface area contributed by atoms with E-state index in [4.69, 9.17) is 34.3 Å². The van der Waals surface area contributed by atoms with Crippen molar-refractivity contribution in [3.63, 3.8) is 0 Å². The number of nitrogens with zero attached hydrogens (tertiary/aromatic N) is 1. The normalized spacial score (nSPS) is 16.3. The van der Waals surface area contributed by atoms with Crippen LogP contribution in [-0.2, 0) is 4.74 Å². The van der Waals surface area contributed by atoms with Crippen LogP contribution < -0.4 is 11.1 Å². The van der Waals surface area contributed by atoms with E-state index in [0.717, 1.165) is 50.6 Å². The molecule has 4 nitrogen and oxygen atoms in total. The molecule has 0 unspecified atom stereocenters. The predicted molar refractivity (Wildman–Crippen MR) is 83.1 cm³/mol. The summed E-state index contributed by atoms with van der Waals surface area (Å²) in [6, 6.07) is 5.63. The van der Waals surface area contributed by atoms with E-state index in [-0.39, 0.29) is 0 Å². The van der Waals surface area contributed by atoms with Gasteiger partial charge in [-0.1, -0.05) is 29.9 Å². The fraction of sp³-hybridized carbons (Fsp3) is 0.462. The lowest BCUT2D eigenvalue weighted by atomic mass is 10.1. The lowest BCUT2D eigenvalue weighted by Crippen LogP contribution is -2.39. The van der Waals surface area contributed by atoms with Crippen LogP contribution in [0.1, 0.15) is 5.56 Å². The fourth-order valence-corrected chi connectivity index (χ4v) is 2.65. The molecule has 0 spiro atoms. The van der Waals surface area contributed by atoms with E-state index >= 15 is 0 Å². The third-order valence-corrected chi connectivity index (χ3v) is 3.63. The average Bonchev–Trinajstić information content (AvgIpc) is 2.39. The van der Waals surface area contributed by atoms with Crippen LogP contribution in [0.15, 0.2) is 18.2 Å². The van der Waals surface area contributed by atoms with E-state index in [1.54, 1.807) is 6.07 Å². The highest BCUT2D eigenvalue weighted by atomic mass is 35.5. The van der Waals surface area contributed by atoms with Crippen LogP contribution >= 0.6 is 23.8 Å². The van der Waals surface area contributed by atoms with Crippen molar-refractivity contribution in [2.24, 2.45) is 5.73 Å². The van der Waals surface area contributed by atoms with Crippen molar-refractivity contribution in [2.75, 3.05) is 44.7 Å². The molecule has 1 fully saturated rings. The maximum atomic E-state index is 6.12. The minimum absolute atomic E-state index is 0.319. The van der Waals surface area contributed by atoms with Gasteiger partial charge in [-0.15, -0.1) is 0 Å². The first-order valence-corrected chi connectivity index (χ1v) is 7.09. The second kappa shape index (κ2) is 7.05. The maximum Gasteiger partial charge on any atom is 0.107 e. The average molecular weight is 300 g/mol. The van der Waals surface area contributed by atoms with Gasteiger partial charge in [0.25, 0.3) is 0 Å². The summed E-state index contributed by atoms with van der Waals surface area (Å²) < 4.78 is 5.32. The van der Waals surface area contributed by atoms with E-state index in [9.17, 15) is 0 Å². The van der Waals surface area contributed by atoms with Gasteiger partial charge in [-0.2, -0.15) is 0 Å². The quantitative estimate of drug-likeness (QED) is 0.811. The predicted octanol–water partition coefficient (Wildman–Crippen LogP) is 1.72. The van der Waals surface area contributed by atoms with Gasteiger partial charge in [0.05, 0.1) is 23.8 Å². The van der Waals surface area contributed by atoms with E-state index < -0.39 is 0 Å². The molecule has 3 N–H and O–H groups in total. The van der Waals surface area contributed by atoms with E-state index in [1.807, 2.05) is 12.1 Å². The third kappa shape index (κ3) is 4.04. The number of ether oxygens (including phenoxy) is 1. The Morgan fingerprint density at radius 3 is 2.84 bits per heavy atom. The number of thiocarbonyl (C=S) groups is 1. The van der Waals surface area contributed by atoms with Crippen LogP contribution in [0.5, 0.6) is 0 Å². The topological polar surface area (TPSA) is 50.5 Å². The Bertz CT molecular complexity index is 450. The molecule has 0 amide bonds. The van der Waals surface area contributed by atoms with E-state index in [0.29, 0.717) is 10.0 Å². The Hall–Kier alpha value is -0.880. The number of halogens is 1. The van der Waals surface area contributed by atoms with Crippen LogP contribution in [0, 0.1) is 0 Å². The molecule has 1 aliphatic heterocycles. The number of nitrogens with one attached hydrogen (secondary N) is 1. The summed E-state index contributed by atoms with van der Waals surface area (Å²) in [5.74, 6) is 0. The fourth-order valence-electron chi connectivity index (χ4n) is 2.10. The van der Waals surface area contributed by atoms with Crippen molar-refractivity contribution >= 4 is 34.5 Å². The summed E-state index contributed by atoms with van der Waals surface area (Å²) in [5, 5.41) is 3.94. The van der Waals surface area contributed by atoms with Crippen LogP contribution in [0.2, 0.25) is 5.02 Å². The highest BCUT2D eigenvalue weighted by Gasteiger charge is 2.11. The SMILES string of the molecule is NC(=S)c1c(Cl)cccc1NCCN1CCOCC1. The summed E-state index contributed by atoms with van der Waals surface area (Å²) >= 11 is 11.2.